The van der Waals surface area contributed by atoms with Crippen LogP contribution in [0.15, 0.2) is 0 Å². The molecule has 0 radical (unpaired) electrons. The van der Waals surface area contributed by atoms with Gasteiger partial charge in [-0.3, -0.25) is 4.79 Å². The van der Waals surface area contributed by atoms with Crippen LogP contribution in [0.2, 0.25) is 0 Å². The molecule has 0 bridgehead atoms. The van der Waals surface area contributed by atoms with Crippen molar-refractivity contribution in [3.63, 3.8) is 0 Å². The van der Waals surface area contributed by atoms with E-state index in [2.05, 4.69) is 6.07 Å². The minimum absolute atomic E-state index is 0.00199. The molecule has 2 atom stereocenters. The molecular formula is C7H9NO2. The number of hydrogen-bond acceptors (Lipinski definition) is 3. The second kappa shape index (κ2) is 3.21. The number of ether oxygens (including phenoxy) is 1. The van der Waals surface area contributed by atoms with E-state index < -0.39 is 0 Å². The van der Waals surface area contributed by atoms with Gasteiger partial charge in [0.2, 0.25) is 0 Å². The van der Waals surface area contributed by atoms with E-state index in [-0.39, 0.29) is 12.0 Å². The molecular weight excluding hydrogens is 130 g/mol. The molecule has 0 amide bonds. The molecule has 0 aromatic rings. The second-order valence-corrected chi connectivity index (χ2v) is 2.49. The summed E-state index contributed by atoms with van der Waals surface area (Å²) in [5.74, 6) is 0.102. The van der Waals surface area contributed by atoms with Crippen LogP contribution in [0, 0.1) is 17.2 Å². The molecule has 0 N–H and O–H groups in total. The highest BCUT2D eigenvalue weighted by atomic mass is 16.5. The van der Waals surface area contributed by atoms with Gasteiger partial charge in [-0.1, -0.05) is 0 Å². The Bertz CT molecular complexity index is 161. The number of rotatable bonds is 2. The third kappa shape index (κ3) is 1.47. The molecule has 3 nitrogen and oxygen atoms in total. The lowest BCUT2D eigenvalue weighted by Crippen LogP contribution is -2.06. The van der Waals surface area contributed by atoms with Gasteiger partial charge in [0, 0.05) is 12.3 Å². The molecule has 2 unspecified atom stereocenters. The molecule has 0 aliphatic heterocycles. The summed E-state index contributed by atoms with van der Waals surface area (Å²) in [5, 5.41) is 8.46. The minimum atomic E-state index is 0.00199. The van der Waals surface area contributed by atoms with Crippen LogP contribution in [0.4, 0.5) is 0 Å². The number of nitrogens with zero attached hydrogens (tertiary/aromatic N) is 1. The van der Waals surface area contributed by atoms with Crippen molar-refractivity contribution in [2.75, 3.05) is 0 Å². The SMILES string of the molecule is N#CC1CCC(OC=O)C1. The first-order chi connectivity index (χ1) is 4.86. The molecule has 1 rings (SSSR count). The van der Waals surface area contributed by atoms with Gasteiger partial charge >= 0.3 is 0 Å². The lowest BCUT2D eigenvalue weighted by Gasteiger charge is -2.03. The van der Waals surface area contributed by atoms with Crippen molar-refractivity contribution in [1.82, 2.24) is 0 Å². The Balaban J connectivity index is 2.30. The molecule has 0 heterocycles. The summed E-state index contributed by atoms with van der Waals surface area (Å²) in [5.41, 5.74) is 0. The van der Waals surface area contributed by atoms with E-state index in [4.69, 9.17) is 10.00 Å². The maximum Gasteiger partial charge on any atom is 0.293 e. The Morgan fingerprint density at radius 3 is 2.90 bits per heavy atom. The first-order valence-corrected chi connectivity index (χ1v) is 3.35. The van der Waals surface area contributed by atoms with E-state index in [0.717, 1.165) is 19.3 Å². The summed E-state index contributed by atoms with van der Waals surface area (Å²) in [6.45, 7) is 0.463. The van der Waals surface area contributed by atoms with Gasteiger partial charge in [-0.05, 0) is 12.8 Å². The number of nitriles is 1. The van der Waals surface area contributed by atoms with Crippen LogP contribution in [0.5, 0.6) is 0 Å². The molecule has 0 saturated heterocycles. The quantitative estimate of drug-likeness (QED) is 0.533. The van der Waals surface area contributed by atoms with E-state index in [1.807, 2.05) is 0 Å². The molecule has 0 spiro atoms. The van der Waals surface area contributed by atoms with E-state index in [1.54, 1.807) is 0 Å². The van der Waals surface area contributed by atoms with Crippen LogP contribution in [0.3, 0.4) is 0 Å². The molecule has 1 saturated carbocycles. The zero-order chi connectivity index (χ0) is 7.40. The van der Waals surface area contributed by atoms with Crippen molar-refractivity contribution in [3.8, 4) is 6.07 Å². The molecule has 0 aromatic carbocycles. The van der Waals surface area contributed by atoms with Crippen molar-refractivity contribution >= 4 is 6.47 Å². The summed E-state index contributed by atoms with van der Waals surface area (Å²) < 4.78 is 4.70. The van der Waals surface area contributed by atoms with Gasteiger partial charge in [0.15, 0.2) is 0 Å². The maximum absolute atomic E-state index is 9.85. The van der Waals surface area contributed by atoms with Gasteiger partial charge in [-0.25, -0.2) is 0 Å². The van der Waals surface area contributed by atoms with Crippen LogP contribution in [0.1, 0.15) is 19.3 Å². The predicted octanol–water partition coefficient (Wildman–Crippen LogP) is 0.852. The van der Waals surface area contributed by atoms with E-state index >= 15 is 0 Å². The van der Waals surface area contributed by atoms with Crippen molar-refractivity contribution in [3.05, 3.63) is 0 Å². The minimum Gasteiger partial charge on any atom is -0.465 e. The average Bonchev–Trinajstić information content (AvgIpc) is 2.37. The average molecular weight is 139 g/mol. The third-order valence-corrected chi connectivity index (χ3v) is 1.82. The van der Waals surface area contributed by atoms with Crippen molar-refractivity contribution in [2.45, 2.75) is 25.4 Å². The molecule has 3 heteroatoms. The van der Waals surface area contributed by atoms with Gasteiger partial charge in [0.25, 0.3) is 6.47 Å². The van der Waals surface area contributed by atoms with Gasteiger partial charge in [0.1, 0.15) is 6.10 Å². The van der Waals surface area contributed by atoms with Crippen LogP contribution in [-0.4, -0.2) is 12.6 Å². The number of carbonyl (C=O) groups is 1. The zero-order valence-electron chi connectivity index (χ0n) is 5.62. The Hall–Kier alpha value is -1.04. The van der Waals surface area contributed by atoms with Crippen molar-refractivity contribution in [2.24, 2.45) is 5.92 Å². The smallest absolute Gasteiger partial charge is 0.293 e. The van der Waals surface area contributed by atoms with Crippen LogP contribution >= 0.6 is 0 Å². The normalized spacial score (nSPS) is 31.1. The highest BCUT2D eigenvalue weighted by Crippen LogP contribution is 2.26. The van der Waals surface area contributed by atoms with Crippen molar-refractivity contribution < 1.29 is 9.53 Å². The molecule has 1 aliphatic rings. The maximum atomic E-state index is 9.85. The lowest BCUT2D eigenvalue weighted by molar-refractivity contribution is -0.133. The second-order valence-electron chi connectivity index (χ2n) is 2.49. The number of carbonyl (C=O) groups excluding carboxylic acids is 1. The van der Waals surface area contributed by atoms with E-state index in [1.165, 1.54) is 0 Å². The largest absolute Gasteiger partial charge is 0.465 e. The van der Waals surface area contributed by atoms with Gasteiger partial charge in [0.05, 0.1) is 6.07 Å². The lowest BCUT2D eigenvalue weighted by atomic mass is 10.1. The standard InChI is InChI=1S/C7H9NO2/c8-4-6-1-2-7(3-6)10-5-9/h5-7H,1-3H2. The summed E-state index contributed by atoms with van der Waals surface area (Å²) >= 11 is 0. The summed E-state index contributed by atoms with van der Waals surface area (Å²) in [4.78, 5) is 9.85. The predicted molar refractivity (Wildman–Crippen MR) is 33.9 cm³/mol. The molecule has 54 valence electrons. The summed E-state index contributed by atoms with van der Waals surface area (Å²) in [7, 11) is 0. The van der Waals surface area contributed by atoms with Gasteiger partial charge in [-0.2, -0.15) is 5.26 Å². The fourth-order valence-corrected chi connectivity index (χ4v) is 1.26. The van der Waals surface area contributed by atoms with Crippen LogP contribution in [0.25, 0.3) is 0 Å². The van der Waals surface area contributed by atoms with E-state index in [0.29, 0.717) is 6.47 Å². The summed E-state index contributed by atoms with van der Waals surface area (Å²) in [6.07, 6.45) is 2.43. The van der Waals surface area contributed by atoms with Gasteiger partial charge in [-0.15, -0.1) is 0 Å². The van der Waals surface area contributed by atoms with E-state index in [9.17, 15) is 4.79 Å². The first kappa shape index (κ1) is 7.07. The first-order valence-electron chi connectivity index (χ1n) is 3.35. The third-order valence-electron chi connectivity index (χ3n) is 1.82. The Morgan fingerprint density at radius 1 is 1.60 bits per heavy atom. The Kier molecular flexibility index (Phi) is 2.27. The summed E-state index contributed by atoms with van der Waals surface area (Å²) in [6, 6.07) is 2.16. The molecule has 0 aromatic heterocycles. The highest BCUT2D eigenvalue weighted by Gasteiger charge is 2.24. The fourth-order valence-electron chi connectivity index (χ4n) is 1.26. The molecule has 1 fully saturated rings. The monoisotopic (exact) mass is 139 g/mol. The number of hydrogen-bond donors (Lipinski definition) is 0. The van der Waals surface area contributed by atoms with Gasteiger partial charge < -0.3 is 4.74 Å². The van der Waals surface area contributed by atoms with Crippen LogP contribution < -0.4 is 0 Å². The topological polar surface area (TPSA) is 50.1 Å². The zero-order valence-corrected chi connectivity index (χ0v) is 5.62. The van der Waals surface area contributed by atoms with Crippen LogP contribution in [-0.2, 0) is 9.53 Å². The Labute approximate surface area is 59.6 Å². The molecule has 10 heavy (non-hydrogen) atoms. The highest BCUT2D eigenvalue weighted by molar-refractivity contribution is 5.37. The fraction of sp³-hybridized carbons (Fsp3) is 0.714. The Morgan fingerprint density at radius 2 is 2.40 bits per heavy atom. The van der Waals surface area contributed by atoms with Crippen molar-refractivity contribution in [1.29, 1.82) is 5.26 Å². The molecule has 1 aliphatic carbocycles.